The van der Waals surface area contributed by atoms with E-state index in [-0.39, 0.29) is 11.8 Å². The molecule has 0 radical (unpaired) electrons. The number of esters is 4. The summed E-state index contributed by atoms with van der Waals surface area (Å²) in [5, 5.41) is 0. The number of rotatable bonds is 2. The average molecular weight is 276 g/mol. The molecule has 0 aromatic carbocycles. The van der Waals surface area contributed by atoms with Crippen LogP contribution in [0.5, 0.6) is 0 Å². The van der Waals surface area contributed by atoms with Crippen LogP contribution in [-0.4, -0.2) is 23.9 Å². The fraction of sp³-hybridized carbons (Fsp3) is 0.286. The van der Waals surface area contributed by atoms with Crippen molar-refractivity contribution >= 4 is 23.9 Å². The molecule has 0 bridgehead atoms. The zero-order valence-corrected chi connectivity index (χ0v) is 10.5. The lowest BCUT2D eigenvalue weighted by Gasteiger charge is -2.12. The smallest absolute Gasteiger partial charge is 0.321 e. The van der Waals surface area contributed by atoms with E-state index >= 15 is 0 Å². The van der Waals surface area contributed by atoms with E-state index in [0.717, 1.165) is 0 Å². The maximum absolute atomic E-state index is 10.8. The van der Waals surface area contributed by atoms with Crippen molar-refractivity contribution in [3.05, 3.63) is 37.5 Å². The van der Waals surface area contributed by atoms with Gasteiger partial charge < -0.3 is 9.47 Å². The standard InChI is InChI=1S/C8H8O3.C6H4O3/c1-3-5-6(4-2)8(10)11-7(5)9;7-5-3-1-2-4(3)6(8)9-5/h3-6H,1-2H2;1-4H. The van der Waals surface area contributed by atoms with Crippen molar-refractivity contribution in [2.45, 2.75) is 0 Å². The van der Waals surface area contributed by atoms with Gasteiger partial charge in [0.2, 0.25) is 0 Å². The van der Waals surface area contributed by atoms with E-state index in [4.69, 9.17) is 0 Å². The molecular formula is C14H12O6. The van der Waals surface area contributed by atoms with E-state index in [1.165, 1.54) is 12.2 Å². The molecule has 0 spiro atoms. The van der Waals surface area contributed by atoms with Crippen LogP contribution in [0.4, 0.5) is 0 Å². The third-order valence-corrected chi connectivity index (χ3v) is 3.30. The highest BCUT2D eigenvalue weighted by Gasteiger charge is 2.45. The topological polar surface area (TPSA) is 86.7 Å². The van der Waals surface area contributed by atoms with Gasteiger partial charge in [0.15, 0.2) is 0 Å². The van der Waals surface area contributed by atoms with Crippen LogP contribution in [0.2, 0.25) is 0 Å². The summed E-state index contributed by atoms with van der Waals surface area (Å²) in [4.78, 5) is 42.7. The van der Waals surface area contributed by atoms with E-state index in [1.54, 1.807) is 12.2 Å². The van der Waals surface area contributed by atoms with Gasteiger partial charge in [-0.05, 0) is 0 Å². The minimum absolute atomic E-state index is 0.252. The van der Waals surface area contributed by atoms with Crippen LogP contribution in [-0.2, 0) is 28.7 Å². The zero-order chi connectivity index (χ0) is 14.9. The lowest BCUT2D eigenvalue weighted by molar-refractivity contribution is -0.154. The third kappa shape index (κ3) is 2.20. The highest BCUT2D eigenvalue weighted by molar-refractivity contribution is 6.00. The molecule has 2 fully saturated rings. The average Bonchev–Trinajstić information content (AvgIpc) is 2.70. The summed E-state index contributed by atoms with van der Waals surface area (Å²) in [5.41, 5.74) is 0. The number of cyclic esters (lactones) is 4. The minimum atomic E-state index is -0.542. The van der Waals surface area contributed by atoms with E-state index in [2.05, 4.69) is 22.6 Å². The lowest BCUT2D eigenvalue weighted by atomic mass is 9.85. The number of hydrogen-bond donors (Lipinski definition) is 0. The molecule has 3 rings (SSSR count). The molecule has 0 aromatic heterocycles. The fourth-order valence-electron chi connectivity index (χ4n) is 2.03. The second-order valence-electron chi connectivity index (χ2n) is 4.44. The van der Waals surface area contributed by atoms with Crippen molar-refractivity contribution in [1.29, 1.82) is 0 Å². The molecule has 2 saturated heterocycles. The first-order valence-electron chi connectivity index (χ1n) is 5.94. The number of carbonyl (C=O) groups is 4. The summed E-state index contributed by atoms with van der Waals surface area (Å²) in [6.45, 7) is 6.85. The Morgan fingerprint density at radius 3 is 1.35 bits per heavy atom. The first kappa shape index (κ1) is 13.9. The molecule has 3 aliphatic rings. The third-order valence-electron chi connectivity index (χ3n) is 3.30. The van der Waals surface area contributed by atoms with Gasteiger partial charge in [-0.3, -0.25) is 19.2 Å². The normalized spacial score (nSPS) is 33.4. The summed E-state index contributed by atoms with van der Waals surface area (Å²) in [7, 11) is 0. The van der Waals surface area contributed by atoms with Crippen LogP contribution in [0.25, 0.3) is 0 Å². The van der Waals surface area contributed by atoms with Crippen LogP contribution in [0, 0.1) is 23.7 Å². The summed E-state index contributed by atoms with van der Waals surface area (Å²) in [6, 6.07) is 0. The summed E-state index contributed by atoms with van der Waals surface area (Å²) < 4.78 is 8.66. The van der Waals surface area contributed by atoms with Gasteiger partial charge in [0, 0.05) is 0 Å². The van der Waals surface area contributed by atoms with Crippen molar-refractivity contribution in [2.24, 2.45) is 23.7 Å². The second-order valence-corrected chi connectivity index (χ2v) is 4.44. The van der Waals surface area contributed by atoms with Gasteiger partial charge in [0.25, 0.3) is 0 Å². The molecule has 20 heavy (non-hydrogen) atoms. The van der Waals surface area contributed by atoms with Gasteiger partial charge in [-0.1, -0.05) is 24.3 Å². The monoisotopic (exact) mass is 276 g/mol. The van der Waals surface area contributed by atoms with Crippen LogP contribution >= 0.6 is 0 Å². The number of hydrogen-bond acceptors (Lipinski definition) is 6. The predicted molar refractivity (Wildman–Crippen MR) is 65.7 cm³/mol. The van der Waals surface area contributed by atoms with Crippen molar-refractivity contribution in [3.63, 3.8) is 0 Å². The van der Waals surface area contributed by atoms with E-state index < -0.39 is 35.7 Å². The fourth-order valence-corrected chi connectivity index (χ4v) is 2.03. The first-order valence-corrected chi connectivity index (χ1v) is 5.94. The van der Waals surface area contributed by atoms with Crippen molar-refractivity contribution in [1.82, 2.24) is 0 Å². The molecule has 0 saturated carbocycles. The van der Waals surface area contributed by atoms with Gasteiger partial charge in [0.05, 0.1) is 23.7 Å². The van der Waals surface area contributed by atoms with Crippen LogP contribution in [0.15, 0.2) is 37.5 Å². The number of carbonyl (C=O) groups excluding carboxylic acids is 4. The predicted octanol–water partition coefficient (Wildman–Crippen LogP) is 0.546. The van der Waals surface area contributed by atoms with Gasteiger partial charge in [-0.2, -0.15) is 0 Å². The summed E-state index contributed by atoms with van der Waals surface area (Å²) >= 11 is 0. The maximum atomic E-state index is 10.8. The quantitative estimate of drug-likeness (QED) is 0.416. The van der Waals surface area contributed by atoms with Crippen LogP contribution in [0.3, 0.4) is 0 Å². The Morgan fingerprint density at radius 2 is 1.10 bits per heavy atom. The van der Waals surface area contributed by atoms with E-state index in [9.17, 15) is 19.2 Å². The molecule has 1 aliphatic carbocycles. The second kappa shape index (κ2) is 5.24. The minimum Gasteiger partial charge on any atom is -0.392 e. The molecule has 4 unspecified atom stereocenters. The van der Waals surface area contributed by atoms with Crippen molar-refractivity contribution in [3.8, 4) is 0 Å². The Kier molecular flexibility index (Phi) is 3.65. The molecule has 6 heteroatoms. The SMILES string of the molecule is C=CC1C(=O)OC(=O)C1C=C.O=C1OC(=O)C2C=CC12. The Bertz CT molecular complexity index is 498. The van der Waals surface area contributed by atoms with Crippen LogP contribution < -0.4 is 0 Å². The van der Waals surface area contributed by atoms with Crippen molar-refractivity contribution < 1.29 is 28.7 Å². The molecule has 0 amide bonds. The molecule has 2 heterocycles. The Balaban J connectivity index is 0.000000149. The number of ether oxygens (including phenoxy) is 2. The molecule has 104 valence electrons. The van der Waals surface area contributed by atoms with Gasteiger partial charge in [-0.25, -0.2) is 0 Å². The highest BCUT2D eigenvalue weighted by atomic mass is 16.6. The lowest BCUT2D eigenvalue weighted by Crippen LogP contribution is -2.20. The number of fused-ring (bicyclic) bond motifs is 1. The zero-order valence-electron chi connectivity index (χ0n) is 10.5. The Morgan fingerprint density at radius 1 is 0.750 bits per heavy atom. The molecule has 0 aromatic rings. The van der Waals surface area contributed by atoms with Gasteiger partial charge in [-0.15, -0.1) is 13.2 Å². The maximum Gasteiger partial charge on any atom is 0.321 e. The van der Waals surface area contributed by atoms with Gasteiger partial charge >= 0.3 is 23.9 Å². The van der Waals surface area contributed by atoms with E-state index in [0.29, 0.717) is 0 Å². The molecule has 4 atom stereocenters. The molecule has 0 N–H and O–H groups in total. The van der Waals surface area contributed by atoms with Gasteiger partial charge in [0.1, 0.15) is 0 Å². The Labute approximate surface area is 114 Å². The first-order chi connectivity index (χ1) is 9.49. The van der Waals surface area contributed by atoms with Crippen molar-refractivity contribution in [2.75, 3.05) is 0 Å². The van der Waals surface area contributed by atoms with Crippen LogP contribution in [0.1, 0.15) is 0 Å². The molecular weight excluding hydrogens is 264 g/mol. The summed E-state index contributed by atoms with van der Waals surface area (Å²) in [6.07, 6.45) is 6.19. The van der Waals surface area contributed by atoms with E-state index in [1.807, 2.05) is 0 Å². The molecule has 6 nitrogen and oxygen atoms in total. The molecule has 2 aliphatic heterocycles. The summed E-state index contributed by atoms with van der Waals surface area (Å²) in [5.74, 6) is -3.44. The largest absolute Gasteiger partial charge is 0.392 e. The Hall–Kier alpha value is -2.50. The highest BCUT2D eigenvalue weighted by Crippen LogP contribution is 2.33.